The first-order valence-corrected chi connectivity index (χ1v) is 5.93. The molecule has 0 saturated carbocycles. The van der Waals surface area contributed by atoms with Gasteiger partial charge in [-0.2, -0.15) is 5.10 Å². The van der Waals surface area contributed by atoms with Crippen molar-refractivity contribution in [3.05, 3.63) is 17.5 Å². The third-order valence-corrected chi connectivity index (χ3v) is 3.20. The summed E-state index contributed by atoms with van der Waals surface area (Å²) < 4.78 is 1.82. The van der Waals surface area contributed by atoms with Gasteiger partial charge in [0.2, 0.25) is 0 Å². The molecule has 0 amide bonds. The summed E-state index contributed by atoms with van der Waals surface area (Å²) in [6.45, 7) is 7.43. The molecule has 0 aromatic carbocycles. The van der Waals surface area contributed by atoms with Crippen molar-refractivity contribution in [2.75, 3.05) is 6.54 Å². The van der Waals surface area contributed by atoms with Gasteiger partial charge in [0.15, 0.2) is 0 Å². The molecule has 0 bridgehead atoms. The van der Waals surface area contributed by atoms with Gasteiger partial charge in [0.25, 0.3) is 0 Å². The predicted octanol–water partition coefficient (Wildman–Crippen LogP) is 1.37. The number of nitrogens with one attached hydrogen (secondary N) is 1. The van der Waals surface area contributed by atoms with Crippen LogP contribution in [0.1, 0.15) is 37.9 Å². The standard InChI is InChI=1S/C12H23N3O/c1-5-12(16,6-2)9-13-7-11-8-15(4)14-10(11)3/h8,13,16H,5-7,9H2,1-4H3. The molecule has 0 spiro atoms. The quantitative estimate of drug-likeness (QED) is 0.769. The molecule has 4 heteroatoms. The van der Waals surface area contributed by atoms with E-state index in [-0.39, 0.29) is 0 Å². The molecule has 0 aliphatic rings. The zero-order valence-electron chi connectivity index (χ0n) is 10.7. The highest BCUT2D eigenvalue weighted by Gasteiger charge is 2.21. The van der Waals surface area contributed by atoms with Gasteiger partial charge in [-0.3, -0.25) is 4.68 Å². The van der Waals surface area contributed by atoms with Gasteiger partial charge < -0.3 is 10.4 Å². The topological polar surface area (TPSA) is 50.1 Å². The number of aliphatic hydroxyl groups is 1. The molecule has 1 aromatic rings. The molecule has 0 fully saturated rings. The van der Waals surface area contributed by atoms with Gasteiger partial charge in [0, 0.05) is 31.9 Å². The second-order valence-corrected chi connectivity index (χ2v) is 4.45. The van der Waals surface area contributed by atoms with E-state index in [1.165, 1.54) is 5.56 Å². The van der Waals surface area contributed by atoms with E-state index in [1.807, 2.05) is 38.7 Å². The lowest BCUT2D eigenvalue weighted by Crippen LogP contribution is -2.39. The van der Waals surface area contributed by atoms with E-state index in [0.717, 1.165) is 25.1 Å². The lowest BCUT2D eigenvalue weighted by atomic mass is 9.97. The van der Waals surface area contributed by atoms with Crippen LogP contribution in [0.3, 0.4) is 0 Å². The Kier molecular flexibility index (Phi) is 4.50. The first kappa shape index (κ1) is 13.2. The first-order valence-electron chi connectivity index (χ1n) is 5.93. The average molecular weight is 225 g/mol. The van der Waals surface area contributed by atoms with Crippen molar-refractivity contribution in [1.82, 2.24) is 15.1 Å². The fourth-order valence-corrected chi connectivity index (χ4v) is 1.75. The van der Waals surface area contributed by atoms with Crippen molar-refractivity contribution < 1.29 is 5.11 Å². The second kappa shape index (κ2) is 5.46. The molecule has 0 unspecified atom stereocenters. The lowest BCUT2D eigenvalue weighted by molar-refractivity contribution is 0.0323. The van der Waals surface area contributed by atoms with Gasteiger partial charge in [0.05, 0.1) is 11.3 Å². The summed E-state index contributed by atoms with van der Waals surface area (Å²) in [6.07, 6.45) is 3.57. The zero-order chi connectivity index (χ0) is 12.2. The number of aryl methyl sites for hydroxylation is 2. The molecule has 16 heavy (non-hydrogen) atoms. The maximum absolute atomic E-state index is 10.1. The Labute approximate surface area is 97.7 Å². The van der Waals surface area contributed by atoms with Crippen LogP contribution in [0.15, 0.2) is 6.20 Å². The summed E-state index contributed by atoms with van der Waals surface area (Å²) in [5.74, 6) is 0. The molecule has 2 N–H and O–H groups in total. The van der Waals surface area contributed by atoms with Gasteiger partial charge in [0.1, 0.15) is 0 Å². The van der Waals surface area contributed by atoms with Crippen molar-refractivity contribution in [2.24, 2.45) is 7.05 Å². The number of rotatable bonds is 6. The van der Waals surface area contributed by atoms with E-state index in [4.69, 9.17) is 0 Å². The van der Waals surface area contributed by atoms with Crippen LogP contribution >= 0.6 is 0 Å². The maximum atomic E-state index is 10.1. The minimum Gasteiger partial charge on any atom is -0.389 e. The molecule has 0 aliphatic heterocycles. The fourth-order valence-electron chi connectivity index (χ4n) is 1.75. The van der Waals surface area contributed by atoms with E-state index in [1.54, 1.807) is 0 Å². The van der Waals surface area contributed by atoms with Gasteiger partial charge in [-0.05, 0) is 19.8 Å². The van der Waals surface area contributed by atoms with Gasteiger partial charge in [-0.15, -0.1) is 0 Å². The third-order valence-electron chi connectivity index (χ3n) is 3.20. The molecule has 4 nitrogen and oxygen atoms in total. The zero-order valence-corrected chi connectivity index (χ0v) is 10.7. The van der Waals surface area contributed by atoms with Crippen LogP contribution in [0.25, 0.3) is 0 Å². The van der Waals surface area contributed by atoms with Crippen LogP contribution in [0.4, 0.5) is 0 Å². The predicted molar refractivity (Wildman–Crippen MR) is 65.2 cm³/mol. The van der Waals surface area contributed by atoms with E-state index in [0.29, 0.717) is 6.54 Å². The SMILES string of the molecule is CCC(O)(CC)CNCc1cn(C)nc1C. The monoisotopic (exact) mass is 225 g/mol. The number of hydrogen-bond acceptors (Lipinski definition) is 3. The summed E-state index contributed by atoms with van der Waals surface area (Å²) in [6, 6.07) is 0. The van der Waals surface area contributed by atoms with Crippen LogP contribution in [0.5, 0.6) is 0 Å². The van der Waals surface area contributed by atoms with Crippen LogP contribution < -0.4 is 5.32 Å². The molecular weight excluding hydrogens is 202 g/mol. The highest BCUT2D eigenvalue weighted by molar-refractivity contribution is 5.14. The average Bonchev–Trinajstić information content (AvgIpc) is 2.57. The Morgan fingerprint density at radius 2 is 2.06 bits per heavy atom. The molecule has 1 aromatic heterocycles. The lowest BCUT2D eigenvalue weighted by Gasteiger charge is -2.25. The van der Waals surface area contributed by atoms with Gasteiger partial charge in [-0.25, -0.2) is 0 Å². The Morgan fingerprint density at radius 1 is 1.44 bits per heavy atom. The molecule has 0 atom stereocenters. The van der Waals surface area contributed by atoms with Crippen molar-refractivity contribution in [3.8, 4) is 0 Å². The van der Waals surface area contributed by atoms with E-state index >= 15 is 0 Å². The Balaban J connectivity index is 2.44. The molecule has 1 rings (SSSR count). The summed E-state index contributed by atoms with van der Waals surface area (Å²) in [5.41, 5.74) is 1.67. The van der Waals surface area contributed by atoms with Gasteiger partial charge in [-0.1, -0.05) is 13.8 Å². The van der Waals surface area contributed by atoms with Crippen molar-refractivity contribution in [3.63, 3.8) is 0 Å². The molecule has 0 saturated heterocycles. The highest BCUT2D eigenvalue weighted by Crippen LogP contribution is 2.13. The molecule has 0 radical (unpaired) electrons. The van der Waals surface area contributed by atoms with Crippen LogP contribution in [0, 0.1) is 6.92 Å². The smallest absolute Gasteiger partial charge is 0.0766 e. The van der Waals surface area contributed by atoms with Crippen molar-refractivity contribution in [1.29, 1.82) is 0 Å². The highest BCUT2D eigenvalue weighted by atomic mass is 16.3. The largest absolute Gasteiger partial charge is 0.389 e. The summed E-state index contributed by atoms with van der Waals surface area (Å²) in [5, 5.41) is 17.7. The number of hydrogen-bond donors (Lipinski definition) is 2. The summed E-state index contributed by atoms with van der Waals surface area (Å²) in [4.78, 5) is 0. The second-order valence-electron chi connectivity index (χ2n) is 4.45. The minimum absolute atomic E-state index is 0.573. The van der Waals surface area contributed by atoms with Crippen LogP contribution in [0.2, 0.25) is 0 Å². The first-order chi connectivity index (χ1) is 7.50. The third kappa shape index (κ3) is 3.32. The molecule has 92 valence electrons. The number of aromatic nitrogens is 2. The van der Waals surface area contributed by atoms with Crippen molar-refractivity contribution in [2.45, 2.75) is 45.8 Å². The Hall–Kier alpha value is -0.870. The van der Waals surface area contributed by atoms with Gasteiger partial charge >= 0.3 is 0 Å². The Bertz CT molecular complexity index is 329. The van der Waals surface area contributed by atoms with E-state index < -0.39 is 5.60 Å². The molecular formula is C12H23N3O. The van der Waals surface area contributed by atoms with Crippen LogP contribution in [-0.4, -0.2) is 27.0 Å². The maximum Gasteiger partial charge on any atom is 0.0766 e. The minimum atomic E-state index is -0.573. The fraction of sp³-hybridized carbons (Fsp3) is 0.750. The molecule has 1 heterocycles. The van der Waals surface area contributed by atoms with E-state index in [2.05, 4.69) is 10.4 Å². The summed E-state index contributed by atoms with van der Waals surface area (Å²) in [7, 11) is 1.92. The molecule has 0 aliphatic carbocycles. The Morgan fingerprint density at radius 3 is 2.50 bits per heavy atom. The van der Waals surface area contributed by atoms with E-state index in [9.17, 15) is 5.11 Å². The summed E-state index contributed by atoms with van der Waals surface area (Å²) >= 11 is 0. The van der Waals surface area contributed by atoms with Crippen molar-refractivity contribution >= 4 is 0 Å². The normalized spacial score (nSPS) is 12.1. The number of nitrogens with zero attached hydrogens (tertiary/aromatic N) is 2. The van der Waals surface area contributed by atoms with Crippen LogP contribution in [-0.2, 0) is 13.6 Å².